The first-order valence-corrected chi connectivity index (χ1v) is 7.01. The number of nitrogens with zero attached hydrogens (tertiary/aromatic N) is 2. The quantitative estimate of drug-likeness (QED) is 0.905. The zero-order valence-corrected chi connectivity index (χ0v) is 11.8. The van der Waals surface area contributed by atoms with Crippen LogP contribution >= 0.6 is 0 Å². The Balaban J connectivity index is 2.17. The van der Waals surface area contributed by atoms with Gasteiger partial charge in [-0.2, -0.15) is 0 Å². The van der Waals surface area contributed by atoms with Gasteiger partial charge in [-0.3, -0.25) is 4.90 Å². The lowest BCUT2D eigenvalue weighted by Gasteiger charge is -2.33. The van der Waals surface area contributed by atoms with Crippen molar-refractivity contribution in [1.82, 2.24) is 9.80 Å². The summed E-state index contributed by atoms with van der Waals surface area (Å²) >= 11 is 0. The van der Waals surface area contributed by atoms with Crippen molar-refractivity contribution >= 4 is 0 Å². The van der Waals surface area contributed by atoms with Crippen molar-refractivity contribution in [2.24, 2.45) is 5.73 Å². The summed E-state index contributed by atoms with van der Waals surface area (Å²) in [5.41, 5.74) is 7.29. The second kappa shape index (κ2) is 6.46. The molecule has 2 rings (SSSR count). The van der Waals surface area contributed by atoms with E-state index in [0.29, 0.717) is 0 Å². The minimum Gasteiger partial charge on any atom is -0.326 e. The Morgan fingerprint density at radius 3 is 2.42 bits per heavy atom. The molecule has 0 aliphatic carbocycles. The molecule has 1 aromatic rings. The van der Waals surface area contributed by atoms with E-state index >= 15 is 0 Å². The second-order valence-electron chi connectivity index (χ2n) is 5.55. The maximum atomic E-state index is 13.1. The molecule has 0 spiro atoms. The molecule has 0 amide bonds. The fourth-order valence-corrected chi connectivity index (χ4v) is 2.85. The molecule has 1 aliphatic rings. The van der Waals surface area contributed by atoms with Crippen molar-refractivity contribution in [3.05, 3.63) is 35.6 Å². The molecular formula is C15H24FN3. The highest BCUT2D eigenvalue weighted by atomic mass is 19.1. The molecule has 106 valence electrons. The highest BCUT2D eigenvalue weighted by molar-refractivity contribution is 5.21. The molecule has 0 radical (unpaired) electrons. The van der Waals surface area contributed by atoms with E-state index in [1.165, 1.54) is 12.1 Å². The van der Waals surface area contributed by atoms with Crippen LogP contribution in [0.4, 0.5) is 4.39 Å². The van der Waals surface area contributed by atoms with Crippen LogP contribution in [-0.2, 0) is 0 Å². The Kier molecular flexibility index (Phi) is 4.91. The first-order valence-electron chi connectivity index (χ1n) is 7.01. The molecule has 0 bridgehead atoms. The molecule has 2 unspecified atom stereocenters. The average molecular weight is 265 g/mol. The fourth-order valence-electron chi connectivity index (χ4n) is 2.85. The van der Waals surface area contributed by atoms with Crippen LogP contribution < -0.4 is 5.73 Å². The molecule has 0 saturated carbocycles. The average Bonchev–Trinajstić information content (AvgIpc) is 2.57. The largest absolute Gasteiger partial charge is 0.326 e. The topological polar surface area (TPSA) is 32.5 Å². The Labute approximate surface area is 115 Å². The van der Waals surface area contributed by atoms with E-state index in [2.05, 4.69) is 16.8 Å². The summed E-state index contributed by atoms with van der Waals surface area (Å²) in [5, 5.41) is 0. The fraction of sp³-hybridized carbons (Fsp3) is 0.600. The summed E-state index contributed by atoms with van der Waals surface area (Å²) in [7, 11) is 2.16. The number of benzene rings is 1. The minimum absolute atomic E-state index is 0.0360. The number of hydrogen-bond donors (Lipinski definition) is 1. The van der Waals surface area contributed by atoms with Crippen LogP contribution in [0.15, 0.2) is 24.3 Å². The summed E-state index contributed by atoms with van der Waals surface area (Å²) in [6, 6.07) is 6.97. The molecule has 3 nitrogen and oxygen atoms in total. The number of rotatable bonds is 3. The Hall–Kier alpha value is -0.970. The summed E-state index contributed by atoms with van der Waals surface area (Å²) in [4.78, 5) is 4.78. The van der Waals surface area contributed by atoms with Gasteiger partial charge in [0.05, 0.1) is 0 Å². The van der Waals surface area contributed by atoms with E-state index < -0.39 is 0 Å². The van der Waals surface area contributed by atoms with Crippen LogP contribution in [0.2, 0.25) is 0 Å². The number of likely N-dealkylation sites (N-methyl/N-ethyl adjacent to an activating group) is 1. The summed E-state index contributed by atoms with van der Waals surface area (Å²) in [6.45, 7) is 6.28. The summed E-state index contributed by atoms with van der Waals surface area (Å²) in [5.74, 6) is -0.192. The molecule has 1 heterocycles. The minimum atomic E-state index is -0.192. The van der Waals surface area contributed by atoms with Crippen LogP contribution in [0.3, 0.4) is 0 Å². The molecule has 0 aromatic heterocycles. The van der Waals surface area contributed by atoms with Gasteiger partial charge >= 0.3 is 0 Å². The maximum absolute atomic E-state index is 13.1. The van der Waals surface area contributed by atoms with E-state index in [0.717, 1.165) is 38.2 Å². The van der Waals surface area contributed by atoms with Gasteiger partial charge in [-0.05, 0) is 44.6 Å². The smallest absolute Gasteiger partial charge is 0.123 e. The molecule has 2 atom stereocenters. The lowest BCUT2D eigenvalue weighted by atomic mass is 9.99. The third kappa shape index (κ3) is 3.75. The van der Waals surface area contributed by atoms with Crippen LogP contribution in [0.1, 0.15) is 24.9 Å². The summed E-state index contributed by atoms with van der Waals surface area (Å²) in [6.07, 6.45) is 1.15. The Morgan fingerprint density at radius 2 is 1.79 bits per heavy atom. The van der Waals surface area contributed by atoms with Gasteiger partial charge in [0.15, 0.2) is 0 Å². The molecule has 4 heteroatoms. The second-order valence-corrected chi connectivity index (χ2v) is 5.55. The van der Waals surface area contributed by atoms with Crippen molar-refractivity contribution in [3.8, 4) is 0 Å². The van der Waals surface area contributed by atoms with Gasteiger partial charge < -0.3 is 10.6 Å². The van der Waals surface area contributed by atoms with Crippen molar-refractivity contribution in [2.75, 3.05) is 33.2 Å². The third-order valence-corrected chi connectivity index (χ3v) is 3.86. The highest BCUT2D eigenvalue weighted by Crippen LogP contribution is 2.25. The van der Waals surface area contributed by atoms with E-state index in [4.69, 9.17) is 5.73 Å². The standard InChI is InChI=1S/C15H24FN3/c1-12(17)15(13-4-6-14(16)7-5-13)19-9-3-8-18(2)10-11-19/h4-7,12,15H,3,8-11,17H2,1-2H3. The van der Waals surface area contributed by atoms with Gasteiger partial charge in [0.2, 0.25) is 0 Å². The lowest BCUT2D eigenvalue weighted by Crippen LogP contribution is -2.41. The first-order chi connectivity index (χ1) is 9.08. The molecule has 2 N–H and O–H groups in total. The normalized spacial score (nSPS) is 21.9. The van der Waals surface area contributed by atoms with E-state index in [1.54, 1.807) is 0 Å². The van der Waals surface area contributed by atoms with Crippen molar-refractivity contribution in [2.45, 2.75) is 25.4 Å². The van der Waals surface area contributed by atoms with Crippen LogP contribution in [0, 0.1) is 5.82 Å². The zero-order chi connectivity index (χ0) is 13.8. The molecule has 1 aromatic carbocycles. The third-order valence-electron chi connectivity index (χ3n) is 3.86. The predicted octanol–water partition coefficient (Wildman–Crippen LogP) is 1.85. The van der Waals surface area contributed by atoms with Gasteiger partial charge in [-0.15, -0.1) is 0 Å². The SMILES string of the molecule is CC(N)C(c1ccc(F)cc1)N1CCCN(C)CC1. The van der Waals surface area contributed by atoms with E-state index in [9.17, 15) is 4.39 Å². The van der Waals surface area contributed by atoms with Gasteiger partial charge in [0.1, 0.15) is 5.82 Å². The number of halogens is 1. The number of nitrogens with two attached hydrogens (primary N) is 1. The van der Waals surface area contributed by atoms with Gasteiger partial charge in [-0.25, -0.2) is 4.39 Å². The zero-order valence-electron chi connectivity index (χ0n) is 11.8. The van der Waals surface area contributed by atoms with Gasteiger partial charge in [0, 0.05) is 31.7 Å². The van der Waals surface area contributed by atoms with Crippen molar-refractivity contribution in [3.63, 3.8) is 0 Å². The predicted molar refractivity (Wildman–Crippen MR) is 76.5 cm³/mol. The van der Waals surface area contributed by atoms with Gasteiger partial charge in [-0.1, -0.05) is 12.1 Å². The molecule has 1 aliphatic heterocycles. The maximum Gasteiger partial charge on any atom is 0.123 e. The van der Waals surface area contributed by atoms with Crippen molar-refractivity contribution in [1.29, 1.82) is 0 Å². The monoisotopic (exact) mass is 265 g/mol. The van der Waals surface area contributed by atoms with E-state index in [-0.39, 0.29) is 17.9 Å². The Bertz CT molecular complexity index is 391. The van der Waals surface area contributed by atoms with Crippen LogP contribution in [0.5, 0.6) is 0 Å². The van der Waals surface area contributed by atoms with E-state index in [1.807, 2.05) is 19.1 Å². The Morgan fingerprint density at radius 1 is 1.11 bits per heavy atom. The molecule has 1 fully saturated rings. The van der Waals surface area contributed by atoms with Gasteiger partial charge in [0.25, 0.3) is 0 Å². The molecule has 1 saturated heterocycles. The first kappa shape index (κ1) is 14.4. The highest BCUT2D eigenvalue weighted by Gasteiger charge is 2.25. The van der Waals surface area contributed by atoms with Crippen LogP contribution in [0.25, 0.3) is 0 Å². The summed E-state index contributed by atoms with van der Waals surface area (Å²) < 4.78 is 13.1. The molecule has 19 heavy (non-hydrogen) atoms. The van der Waals surface area contributed by atoms with Crippen molar-refractivity contribution < 1.29 is 4.39 Å². The molecular weight excluding hydrogens is 241 g/mol. The van der Waals surface area contributed by atoms with Crippen LogP contribution in [-0.4, -0.2) is 49.1 Å². The number of hydrogen-bond acceptors (Lipinski definition) is 3. The lowest BCUT2D eigenvalue weighted by molar-refractivity contribution is 0.182.